The number of anilines is 2. The van der Waals surface area contributed by atoms with E-state index in [2.05, 4.69) is 5.32 Å². The smallest absolute Gasteiger partial charge is 0.341 e. The summed E-state index contributed by atoms with van der Waals surface area (Å²) in [4.78, 5) is 26.2. The van der Waals surface area contributed by atoms with E-state index in [1.54, 1.807) is 11.9 Å². The third-order valence-electron chi connectivity index (χ3n) is 5.62. The van der Waals surface area contributed by atoms with Crippen molar-refractivity contribution in [3.63, 3.8) is 0 Å². The molecule has 8 nitrogen and oxygen atoms in total. The zero-order chi connectivity index (χ0) is 23.3. The minimum Gasteiger partial charge on any atom is -0.477 e. The zero-order valence-corrected chi connectivity index (χ0v) is 17.6. The van der Waals surface area contributed by atoms with Crippen LogP contribution in [0, 0.1) is 11.6 Å². The van der Waals surface area contributed by atoms with Gasteiger partial charge in [0.1, 0.15) is 17.2 Å². The molecule has 11 heteroatoms. The van der Waals surface area contributed by atoms with Gasteiger partial charge >= 0.3 is 5.97 Å². The number of halogens is 3. The summed E-state index contributed by atoms with van der Waals surface area (Å²) in [5.41, 5.74) is 4.12. The van der Waals surface area contributed by atoms with Crippen molar-refractivity contribution < 1.29 is 23.8 Å². The number of rotatable bonds is 5. The van der Waals surface area contributed by atoms with Gasteiger partial charge in [0, 0.05) is 30.9 Å². The number of carboxylic acid groups (broad SMARTS) is 1. The first kappa shape index (κ1) is 22.0. The molecular formula is C21H19ClF2N4O4. The summed E-state index contributed by atoms with van der Waals surface area (Å²) in [6, 6.07) is 3.27. The molecule has 1 fully saturated rings. The summed E-state index contributed by atoms with van der Waals surface area (Å²) in [6.45, 7) is 0.340. The van der Waals surface area contributed by atoms with Gasteiger partial charge in [0.15, 0.2) is 0 Å². The molecule has 1 saturated heterocycles. The van der Waals surface area contributed by atoms with Crippen molar-refractivity contribution in [2.24, 2.45) is 0 Å². The molecule has 5 N–H and O–H groups in total. The predicted octanol–water partition coefficient (Wildman–Crippen LogP) is 2.10. The lowest BCUT2D eigenvalue weighted by molar-refractivity contribution is 0.0695. The predicted molar refractivity (Wildman–Crippen MR) is 117 cm³/mol. The molecule has 0 spiro atoms. The fourth-order valence-electron chi connectivity index (χ4n) is 3.85. The van der Waals surface area contributed by atoms with Crippen molar-refractivity contribution in [1.82, 2.24) is 9.88 Å². The zero-order valence-electron chi connectivity index (χ0n) is 16.8. The lowest BCUT2D eigenvalue weighted by atomic mass is 10.0. The number of hydrogen-bond acceptors (Lipinski definition) is 6. The highest BCUT2D eigenvalue weighted by atomic mass is 35.5. The van der Waals surface area contributed by atoms with E-state index in [0.29, 0.717) is 13.1 Å². The van der Waals surface area contributed by atoms with Gasteiger partial charge in [0.05, 0.1) is 39.6 Å². The molecule has 0 aliphatic carbocycles. The van der Waals surface area contributed by atoms with E-state index in [0.717, 1.165) is 18.3 Å². The third kappa shape index (κ3) is 3.36. The minimum absolute atomic E-state index is 0.0201. The van der Waals surface area contributed by atoms with Gasteiger partial charge in [-0.05, 0) is 25.2 Å². The van der Waals surface area contributed by atoms with Crippen LogP contribution < -0.4 is 21.4 Å². The number of carboxylic acids is 1. The molecule has 0 radical (unpaired) electrons. The van der Waals surface area contributed by atoms with E-state index in [4.69, 9.17) is 17.3 Å². The summed E-state index contributed by atoms with van der Waals surface area (Å²) in [7, 11) is 1.78. The number of nitrogens with zero attached hydrogens (tertiary/aromatic N) is 2. The molecule has 168 valence electrons. The van der Waals surface area contributed by atoms with E-state index in [1.165, 1.54) is 10.6 Å². The number of carbonyl (C=O) groups is 1. The molecule has 32 heavy (non-hydrogen) atoms. The molecule has 0 bridgehead atoms. The second kappa shape index (κ2) is 8.05. The topological polar surface area (TPSA) is 121 Å². The van der Waals surface area contributed by atoms with Gasteiger partial charge in [0.25, 0.3) is 0 Å². The van der Waals surface area contributed by atoms with Crippen molar-refractivity contribution >= 4 is 39.8 Å². The number of hydrogen-bond donors (Lipinski definition) is 4. The Morgan fingerprint density at radius 3 is 2.56 bits per heavy atom. The van der Waals surface area contributed by atoms with Crippen molar-refractivity contribution in [1.29, 1.82) is 0 Å². The molecular weight excluding hydrogens is 446 g/mol. The molecule has 0 saturated carbocycles. The van der Waals surface area contributed by atoms with Crippen LogP contribution >= 0.6 is 11.6 Å². The number of nitrogens with two attached hydrogens (primary N) is 1. The van der Waals surface area contributed by atoms with E-state index in [-0.39, 0.29) is 44.6 Å². The van der Waals surface area contributed by atoms with Crippen LogP contribution in [0.15, 0.2) is 29.2 Å². The molecule has 2 aromatic carbocycles. The average molecular weight is 465 g/mol. The van der Waals surface area contributed by atoms with E-state index in [9.17, 15) is 24.2 Å². The number of aromatic carboxylic acids is 1. The van der Waals surface area contributed by atoms with Crippen LogP contribution in [0.4, 0.5) is 20.2 Å². The van der Waals surface area contributed by atoms with Gasteiger partial charge in [0.2, 0.25) is 5.43 Å². The highest BCUT2D eigenvalue weighted by Crippen LogP contribution is 2.39. The van der Waals surface area contributed by atoms with Crippen LogP contribution in [0.1, 0.15) is 15.9 Å². The molecule has 4 rings (SSSR count). The third-order valence-corrected chi connectivity index (χ3v) is 5.98. The minimum atomic E-state index is -1.54. The van der Waals surface area contributed by atoms with Crippen LogP contribution in [0.25, 0.3) is 16.6 Å². The largest absolute Gasteiger partial charge is 0.477 e. The molecule has 2 heterocycles. The van der Waals surface area contributed by atoms with E-state index >= 15 is 4.39 Å². The summed E-state index contributed by atoms with van der Waals surface area (Å²) in [5.74, 6) is -3.09. The van der Waals surface area contributed by atoms with Crippen LogP contribution in [0.2, 0.25) is 5.02 Å². The SMILES string of the molecule is CNC1CN(c2c(F)cc3c(=O)c(C(=O)O)cn(-c4cc(N)c(F)cc4CO)c3c2Cl)C1. The summed E-state index contributed by atoms with van der Waals surface area (Å²) in [5, 5.41) is 22.0. The fraction of sp³-hybridized carbons (Fsp3) is 0.238. The van der Waals surface area contributed by atoms with E-state index < -0.39 is 35.2 Å². The van der Waals surface area contributed by atoms with E-state index in [1.807, 2.05) is 0 Å². The first-order valence-electron chi connectivity index (χ1n) is 9.59. The first-order valence-corrected chi connectivity index (χ1v) is 9.97. The Morgan fingerprint density at radius 1 is 1.28 bits per heavy atom. The Labute approximate surface area is 185 Å². The van der Waals surface area contributed by atoms with Crippen molar-refractivity contribution in [2.75, 3.05) is 30.8 Å². The van der Waals surface area contributed by atoms with Crippen LogP contribution in [-0.2, 0) is 6.61 Å². The van der Waals surface area contributed by atoms with Gasteiger partial charge in [-0.2, -0.15) is 0 Å². The standard InChI is InChI=1S/C21H19ClF2N4O4/c1-26-10-5-27(6-10)19-14(24)3-11-18(17(19)22)28(7-12(20(11)30)21(31)32)16-4-15(25)13(23)2-9(16)8-29/h2-4,7,10,26,29H,5-6,8,25H2,1H3,(H,31,32). The number of aliphatic hydroxyl groups excluding tert-OH is 1. The number of aromatic nitrogens is 1. The maximum absolute atomic E-state index is 15.0. The first-order chi connectivity index (χ1) is 15.2. The fourth-order valence-corrected chi connectivity index (χ4v) is 4.25. The van der Waals surface area contributed by atoms with Crippen molar-refractivity contribution in [3.8, 4) is 5.69 Å². The molecule has 0 atom stereocenters. The Morgan fingerprint density at radius 2 is 1.97 bits per heavy atom. The number of nitrogen functional groups attached to an aromatic ring is 1. The Hall–Kier alpha value is -3.21. The van der Waals surface area contributed by atoms with Crippen LogP contribution in [-0.4, -0.2) is 46.9 Å². The monoisotopic (exact) mass is 464 g/mol. The maximum Gasteiger partial charge on any atom is 0.341 e. The van der Waals surface area contributed by atoms with Gasteiger partial charge < -0.3 is 30.7 Å². The van der Waals surface area contributed by atoms with Crippen LogP contribution in [0.5, 0.6) is 0 Å². The van der Waals surface area contributed by atoms with Gasteiger partial charge in [-0.1, -0.05) is 11.6 Å². The molecule has 0 amide bonds. The number of benzene rings is 2. The van der Waals surface area contributed by atoms with Crippen molar-refractivity contribution in [2.45, 2.75) is 12.6 Å². The molecule has 0 unspecified atom stereocenters. The Bertz CT molecular complexity index is 1320. The quantitative estimate of drug-likeness (QED) is 0.427. The summed E-state index contributed by atoms with van der Waals surface area (Å²) < 4.78 is 30.3. The molecule has 1 aliphatic rings. The molecule has 1 aromatic heterocycles. The van der Waals surface area contributed by atoms with Crippen LogP contribution in [0.3, 0.4) is 0 Å². The van der Waals surface area contributed by atoms with Gasteiger partial charge in [-0.25, -0.2) is 13.6 Å². The second-order valence-electron chi connectivity index (χ2n) is 7.52. The normalized spacial score (nSPS) is 14.1. The lowest BCUT2D eigenvalue weighted by Gasteiger charge is -2.41. The number of likely N-dealkylation sites (N-methyl/N-ethyl adjacent to an activating group) is 1. The second-order valence-corrected chi connectivity index (χ2v) is 7.89. The highest BCUT2D eigenvalue weighted by molar-refractivity contribution is 6.38. The van der Waals surface area contributed by atoms with Crippen molar-refractivity contribution in [3.05, 3.63) is 62.4 Å². The van der Waals surface area contributed by atoms with Gasteiger partial charge in [-0.15, -0.1) is 0 Å². The number of aliphatic hydroxyl groups is 1. The molecule has 1 aliphatic heterocycles. The lowest BCUT2D eigenvalue weighted by Crippen LogP contribution is -2.57. The maximum atomic E-state index is 15.0. The summed E-state index contributed by atoms with van der Waals surface area (Å²) >= 11 is 6.59. The molecule has 3 aromatic rings. The van der Waals surface area contributed by atoms with Gasteiger partial charge in [-0.3, -0.25) is 4.79 Å². The number of fused-ring (bicyclic) bond motifs is 1. The highest BCUT2D eigenvalue weighted by Gasteiger charge is 2.31. The Balaban J connectivity index is 2.10. The summed E-state index contributed by atoms with van der Waals surface area (Å²) in [6.07, 6.45) is 1.01. The average Bonchev–Trinajstić information content (AvgIpc) is 2.71. The Kier molecular flexibility index (Phi) is 5.53. The number of nitrogens with one attached hydrogen (secondary N) is 1. The number of pyridine rings is 1.